The average Bonchev–Trinajstić information content (AvgIpc) is 3.02. The van der Waals surface area contributed by atoms with Gasteiger partial charge in [0.2, 0.25) is 5.89 Å². The van der Waals surface area contributed by atoms with Crippen molar-refractivity contribution in [2.75, 3.05) is 13.7 Å². The second-order valence-electron chi connectivity index (χ2n) is 4.97. The number of hydrogen-bond donors (Lipinski definition) is 0. The second kappa shape index (κ2) is 8.17. The van der Waals surface area contributed by atoms with Gasteiger partial charge in [-0.2, -0.15) is 0 Å². The Hall–Kier alpha value is -2.05. The first-order valence-corrected chi connectivity index (χ1v) is 7.98. The topological polar surface area (TPSA) is 72.6 Å². The van der Waals surface area contributed by atoms with E-state index >= 15 is 0 Å². The molecule has 1 heterocycles. The van der Waals surface area contributed by atoms with Crippen molar-refractivity contribution in [1.82, 2.24) is 9.88 Å². The molecule has 0 radical (unpaired) electrons. The average molecular weight is 371 g/mol. The van der Waals surface area contributed by atoms with Crippen LogP contribution >= 0.6 is 23.2 Å². The zero-order valence-electron chi connectivity index (χ0n) is 13.2. The third-order valence-electron chi connectivity index (χ3n) is 3.21. The van der Waals surface area contributed by atoms with Crippen molar-refractivity contribution in [1.29, 1.82) is 0 Å². The first kappa shape index (κ1) is 18.3. The minimum absolute atomic E-state index is 0.0564. The summed E-state index contributed by atoms with van der Waals surface area (Å²) < 4.78 is 9.81. The van der Waals surface area contributed by atoms with Gasteiger partial charge in [0.25, 0.3) is 5.91 Å². The summed E-state index contributed by atoms with van der Waals surface area (Å²) in [6.07, 6.45) is 1.94. The van der Waals surface area contributed by atoms with Crippen LogP contribution in [-0.4, -0.2) is 35.4 Å². The highest BCUT2D eigenvalue weighted by Gasteiger charge is 2.21. The summed E-state index contributed by atoms with van der Waals surface area (Å²) in [5.74, 6) is -0.627. The van der Waals surface area contributed by atoms with Gasteiger partial charge in [0.1, 0.15) is 6.26 Å². The van der Waals surface area contributed by atoms with E-state index in [1.165, 1.54) is 19.4 Å². The minimum Gasteiger partial charge on any atom is -0.464 e. The lowest BCUT2D eigenvalue weighted by Gasteiger charge is -2.21. The summed E-state index contributed by atoms with van der Waals surface area (Å²) in [4.78, 5) is 29.7. The molecule has 128 valence electrons. The fourth-order valence-corrected chi connectivity index (χ4v) is 2.59. The number of rotatable bonds is 6. The van der Waals surface area contributed by atoms with E-state index in [0.29, 0.717) is 17.1 Å². The molecule has 1 amide bonds. The van der Waals surface area contributed by atoms with Crippen LogP contribution in [0.5, 0.6) is 0 Å². The van der Waals surface area contributed by atoms with Crippen LogP contribution in [-0.2, 0) is 11.3 Å². The molecule has 0 aliphatic rings. The Bertz CT molecular complexity index is 745. The second-order valence-corrected chi connectivity index (χ2v) is 5.81. The lowest BCUT2D eigenvalue weighted by molar-refractivity contribution is 0.0594. The molecule has 1 aromatic carbocycles. The Morgan fingerprint density at radius 1 is 1.33 bits per heavy atom. The van der Waals surface area contributed by atoms with Crippen molar-refractivity contribution in [3.63, 3.8) is 0 Å². The molecule has 0 spiro atoms. The van der Waals surface area contributed by atoms with Gasteiger partial charge in [0.05, 0.1) is 24.2 Å². The van der Waals surface area contributed by atoms with Crippen LogP contribution in [0.4, 0.5) is 0 Å². The van der Waals surface area contributed by atoms with Gasteiger partial charge in [-0.05, 0) is 24.6 Å². The van der Waals surface area contributed by atoms with Gasteiger partial charge in [0.15, 0.2) is 5.69 Å². The monoisotopic (exact) mass is 370 g/mol. The molecule has 0 aliphatic heterocycles. The Morgan fingerprint density at radius 2 is 2.08 bits per heavy atom. The Morgan fingerprint density at radius 3 is 2.71 bits per heavy atom. The number of nitrogens with zero attached hydrogens (tertiary/aromatic N) is 2. The molecule has 0 N–H and O–H groups in total. The summed E-state index contributed by atoms with van der Waals surface area (Å²) >= 11 is 12.0. The molecule has 0 saturated carbocycles. The van der Waals surface area contributed by atoms with E-state index in [1.54, 1.807) is 17.0 Å². The number of oxazole rings is 1. The minimum atomic E-state index is -0.598. The molecule has 0 aliphatic carbocycles. The van der Waals surface area contributed by atoms with Gasteiger partial charge in [-0.25, -0.2) is 9.78 Å². The molecule has 8 heteroatoms. The predicted molar refractivity (Wildman–Crippen MR) is 89.3 cm³/mol. The molecular weight excluding hydrogens is 355 g/mol. The van der Waals surface area contributed by atoms with Crippen molar-refractivity contribution in [2.45, 2.75) is 19.9 Å². The van der Waals surface area contributed by atoms with Gasteiger partial charge in [-0.1, -0.05) is 30.1 Å². The van der Waals surface area contributed by atoms with Gasteiger partial charge in [-0.3, -0.25) is 4.79 Å². The molecule has 0 atom stereocenters. The van der Waals surface area contributed by atoms with Crippen molar-refractivity contribution < 1.29 is 18.7 Å². The number of methoxy groups -OCH3 is 1. The maximum Gasteiger partial charge on any atom is 0.360 e. The van der Waals surface area contributed by atoms with E-state index in [4.69, 9.17) is 27.6 Å². The molecule has 24 heavy (non-hydrogen) atoms. The summed E-state index contributed by atoms with van der Waals surface area (Å²) in [6.45, 7) is 2.54. The molecule has 2 rings (SSSR count). The van der Waals surface area contributed by atoms with Gasteiger partial charge in [-0.15, -0.1) is 0 Å². The third kappa shape index (κ3) is 4.27. The quantitative estimate of drug-likeness (QED) is 0.722. The molecule has 1 aromatic heterocycles. The van der Waals surface area contributed by atoms with Crippen LogP contribution in [0.2, 0.25) is 10.0 Å². The van der Waals surface area contributed by atoms with E-state index in [-0.39, 0.29) is 29.1 Å². The van der Waals surface area contributed by atoms with Gasteiger partial charge in [0, 0.05) is 11.6 Å². The Kier molecular flexibility index (Phi) is 6.23. The summed E-state index contributed by atoms with van der Waals surface area (Å²) in [7, 11) is 1.26. The van der Waals surface area contributed by atoms with E-state index in [2.05, 4.69) is 9.72 Å². The summed E-state index contributed by atoms with van der Waals surface area (Å²) in [5, 5.41) is 0.727. The molecule has 0 fully saturated rings. The van der Waals surface area contributed by atoms with Crippen molar-refractivity contribution >= 4 is 35.1 Å². The number of carbonyl (C=O) groups is 2. The zero-order valence-corrected chi connectivity index (χ0v) is 14.7. The first-order valence-electron chi connectivity index (χ1n) is 7.23. The van der Waals surface area contributed by atoms with E-state index in [1.807, 2.05) is 6.92 Å². The maximum atomic E-state index is 12.7. The zero-order chi connectivity index (χ0) is 17.7. The molecular formula is C16H16Cl2N2O4. The number of ether oxygens (including phenoxy) is 1. The van der Waals surface area contributed by atoms with Gasteiger partial charge >= 0.3 is 5.97 Å². The highest BCUT2D eigenvalue weighted by molar-refractivity contribution is 6.36. The van der Waals surface area contributed by atoms with Crippen LogP contribution < -0.4 is 0 Å². The number of benzene rings is 1. The lowest BCUT2D eigenvalue weighted by atomic mass is 10.2. The van der Waals surface area contributed by atoms with E-state index in [9.17, 15) is 9.59 Å². The highest BCUT2D eigenvalue weighted by atomic mass is 35.5. The van der Waals surface area contributed by atoms with Crippen LogP contribution in [0.25, 0.3) is 0 Å². The normalized spacial score (nSPS) is 10.5. The number of hydrogen-bond acceptors (Lipinski definition) is 5. The van der Waals surface area contributed by atoms with Crippen molar-refractivity contribution in [3.8, 4) is 0 Å². The summed E-state index contributed by atoms with van der Waals surface area (Å²) in [5.41, 5.74) is 0.398. The number of amides is 1. The standard InChI is InChI=1S/C16H16Cl2N2O4/c1-3-6-20(8-14-19-13(9-24-14)16(22)23-2)15(21)11-5-4-10(17)7-12(11)18/h4-5,7,9H,3,6,8H2,1-2H3. The first-order chi connectivity index (χ1) is 11.5. The number of halogens is 2. The van der Waals surface area contributed by atoms with E-state index in [0.717, 1.165) is 6.42 Å². The van der Waals surface area contributed by atoms with Gasteiger partial charge < -0.3 is 14.1 Å². The lowest BCUT2D eigenvalue weighted by Crippen LogP contribution is -2.31. The fraction of sp³-hybridized carbons (Fsp3) is 0.312. The maximum absolute atomic E-state index is 12.7. The highest BCUT2D eigenvalue weighted by Crippen LogP contribution is 2.23. The van der Waals surface area contributed by atoms with Crippen LogP contribution in [0.1, 0.15) is 40.1 Å². The van der Waals surface area contributed by atoms with E-state index < -0.39 is 5.97 Å². The molecule has 0 saturated heterocycles. The Labute approximate surface area is 149 Å². The van der Waals surface area contributed by atoms with Crippen LogP contribution in [0.15, 0.2) is 28.9 Å². The molecule has 6 nitrogen and oxygen atoms in total. The van der Waals surface area contributed by atoms with Crippen molar-refractivity contribution in [2.24, 2.45) is 0 Å². The molecule has 0 unspecified atom stereocenters. The SMILES string of the molecule is CCCN(Cc1nc(C(=O)OC)co1)C(=O)c1ccc(Cl)cc1Cl. The third-order valence-corrected chi connectivity index (χ3v) is 3.76. The van der Waals surface area contributed by atoms with Crippen molar-refractivity contribution in [3.05, 3.63) is 51.7 Å². The van der Waals surface area contributed by atoms with Crippen LogP contribution in [0.3, 0.4) is 0 Å². The number of carbonyl (C=O) groups excluding carboxylic acids is 2. The predicted octanol–water partition coefficient (Wildman–Crippen LogP) is 3.82. The molecule has 0 bridgehead atoms. The van der Waals surface area contributed by atoms with Crippen LogP contribution in [0, 0.1) is 0 Å². The summed E-state index contributed by atoms with van der Waals surface area (Å²) in [6, 6.07) is 4.69. The Balaban J connectivity index is 2.20. The molecule has 2 aromatic rings. The number of aromatic nitrogens is 1. The smallest absolute Gasteiger partial charge is 0.360 e. The fourth-order valence-electron chi connectivity index (χ4n) is 2.10. The largest absolute Gasteiger partial charge is 0.464 e. The number of esters is 1.